The molecule has 1 aromatic heterocycles. The van der Waals surface area contributed by atoms with Crippen LogP contribution in [0.3, 0.4) is 0 Å². The number of anilines is 1. The van der Waals surface area contributed by atoms with Crippen molar-refractivity contribution < 1.29 is 14.7 Å². The highest BCUT2D eigenvalue weighted by atomic mass is 35.5. The van der Waals surface area contributed by atoms with Gasteiger partial charge < -0.3 is 14.6 Å². The molecule has 28 heavy (non-hydrogen) atoms. The van der Waals surface area contributed by atoms with Gasteiger partial charge in [-0.25, -0.2) is 0 Å². The van der Waals surface area contributed by atoms with Crippen molar-refractivity contribution in [2.45, 2.75) is 6.54 Å². The number of amides is 1. The fourth-order valence-electron chi connectivity index (χ4n) is 2.97. The van der Waals surface area contributed by atoms with Crippen LogP contribution in [-0.2, 0) is 16.1 Å². The van der Waals surface area contributed by atoms with Crippen LogP contribution in [0.2, 0.25) is 5.02 Å². The van der Waals surface area contributed by atoms with E-state index in [4.69, 9.17) is 16.7 Å². The molecule has 0 saturated heterocycles. The molecule has 1 amide bonds. The summed E-state index contributed by atoms with van der Waals surface area (Å²) in [5, 5.41) is 19.7. The molecule has 0 atom stereocenters. The average Bonchev–Trinajstić information content (AvgIpc) is 3.03. The molecule has 3 rings (SSSR count). The number of para-hydroxylation sites is 1. The van der Waals surface area contributed by atoms with Crippen LogP contribution in [0.4, 0.5) is 5.69 Å². The Hall–Kier alpha value is -3.56. The van der Waals surface area contributed by atoms with Crippen molar-refractivity contribution in [1.82, 2.24) is 4.57 Å². The standard InChI is InChI=1S/C21H16ClN3O3/c1-24(16-6-3-2-4-7-16)21(28)14(11-23)10-15-12-25(13-19(26)27)18-9-5-8-17(22)20(15)18/h2-10,12H,13H2,1H3,(H,26,27)/b14-10+. The topological polar surface area (TPSA) is 86.3 Å². The third-order valence-corrected chi connectivity index (χ3v) is 4.60. The van der Waals surface area contributed by atoms with Crippen LogP contribution in [0, 0.1) is 11.3 Å². The maximum absolute atomic E-state index is 12.8. The number of aromatic nitrogens is 1. The van der Waals surface area contributed by atoms with Crippen molar-refractivity contribution in [1.29, 1.82) is 5.26 Å². The van der Waals surface area contributed by atoms with E-state index < -0.39 is 11.9 Å². The summed E-state index contributed by atoms with van der Waals surface area (Å²) in [7, 11) is 1.59. The molecule has 6 nitrogen and oxygen atoms in total. The Morgan fingerprint density at radius 1 is 1.21 bits per heavy atom. The molecule has 0 unspecified atom stereocenters. The van der Waals surface area contributed by atoms with Crippen LogP contribution < -0.4 is 4.90 Å². The number of nitriles is 1. The number of nitrogens with zero attached hydrogens (tertiary/aromatic N) is 3. The second kappa shape index (κ2) is 7.99. The van der Waals surface area contributed by atoms with Crippen molar-refractivity contribution in [2.24, 2.45) is 0 Å². The Morgan fingerprint density at radius 2 is 1.93 bits per heavy atom. The minimum absolute atomic E-state index is 0.0827. The van der Waals surface area contributed by atoms with Gasteiger partial charge in [0.1, 0.15) is 18.2 Å². The van der Waals surface area contributed by atoms with Crippen LogP contribution in [-0.4, -0.2) is 28.6 Å². The first-order valence-electron chi connectivity index (χ1n) is 8.36. The smallest absolute Gasteiger partial charge is 0.323 e. The Bertz CT molecular complexity index is 1130. The summed E-state index contributed by atoms with van der Waals surface area (Å²) in [6, 6.07) is 16.0. The molecule has 1 N–H and O–H groups in total. The summed E-state index contributed by atoms with van der Waals surface area (Å²) < 4.78 is 1.52. The van der Waals surface area contributed by atoms with Gasteiger partial charge >= 0.3 is 5.97 Å². The fourth-order valence-corrected chi connectivity index (χ4v) is 3.25. The molecular weight excluding hydrogens is 378 g/mol. The Kier molecular flexibility index (Phi) is 5.48. The number of benzene rings is 2. The second-order valence-electron chi connectivity index (χ2n) is 6.11. The second-order valence-corrected chi connectivity index (χ2v) is 6.52. The first-order chi connectivity index (χ1) is 13.4. The molecule has 0 saturated carbocycles. The van der Waals surface area contributed by atoms with Crippen molar-refractivity contribution in [2.75, 3.05) is 11.9 Å². The zero-order chi connectivity index (χ0) is 20.3. The quantitative estimate of drug-likeness (QED) is 0.525. The van der Waals surface area contributed by atoms with E-state index in [1.807, 2.05) is 12.1 Å². The normalized spacial score (nSPS) is 11.2. The minimum Gasteiger partial charge on any atom is -0.480 e. The van der Waals surface area contributed by atoms with Gasteiger partial charge in [-0.2, -0.15) is 5.26 Å². The van der Waals surface area contributed by atoms with E-state index >= 15 is 0 Å². The molecule has 0 fully saturated rings. The average molecular weight is 394 g/mol. The predicted molar refractivity (Wildman–Crippen MR) is 108 cm³/mol. The van der Waals surface area contributed by atoms with Gasteiger partial charge in [-0.05, 0) is 30.3 Å². The van der Waals surface area contributed by atoms with E-state index in [1.165, 1.54) is 15.5 Å². The van der Waals surface area contributed by atoms with E-state index in [9.17, 15) is 14.9 Å². The Labute approximate surface area is 166 Å². The van der Waals surface area contributed by atoms with E-state index in [1.54, 1.807) is 55.7 Å². The largest absolute Gasteiger partial charge is 0.480 e. The highest BCUT2D eigenvalue weighted by molar-refractivity contribution is 6.36. The third-order valence-electron chi connectivity index (χ3n) is 4.29. The molecule has 7 heteroatoms. The summed E-state index contributed by atoms with van der Waals surface area (Å²) in [6.07, 6.45) is 3.02. The van der Waals surface area contributed by atoms with E-state index in [2.05, 4.69) is 0 Å². The molecule has 0 aliphatic heterocycles. The first kappa shape index (κ1) is 19.2. The van der Waals surface area contributed by atoms with Crippen molar-refractivity contribution in [3.05, 3.63) is 70.9 Å². The van der Waals surface area contributed by atoms with Gasteiger partial charge in [0.05, 0.1) is 10.5 Å². The number of carbonyl (C=O) groups is 2. The molecule has 0 aliphatic rings. The number of hydrogen-bond acceptors (Lipinski definition) is 3. The van der Waals surface area contributed by atoms with Crippen molar-refractivity contribution >= 4 is 46.1 Å². The van der Waals surface area contributed by atoms with Crippen molar-refractivity contribution in [3.8, 4) is 6.07 Å². The van der Waals surface area contributed by atoms with Gasteiger partial charge in [-0.15, -0.1) is 0 Å². The van der Waals surface area contributed by atoms with Gasteiger partial charge in [-0.3, -0.25) is 9.59 Å². The Morgan fingerprint density at radius 3 is 2.57 bits per heavy atom. The number of rotatable bonds is 5. The Balaban J connectivity index is 2.08. The summed E-state index contributed by atoms with van der Waals surface area (Å²) in [6.45, 7) is -0.259. The summed E-state index contributed by atoms with van der Waals surface area (Å²) in [5.41, 5.74) is 1.69. The SMILES string of the molecule is CN(C(=O)/C(C#N)=C/c1cn(CC(=O)O)c2cccc(Cl)c12)c1ccccc1. The molecule has 0 radical (unpaired) electrons. The lowest BCUT2D eigenvalue weighted by atomic mass is 10.1. The lowest BCUT2D eigenvalue weighted by molar-refractivity contribution is -0.137. The van der Waals surface area contributed by atoms with Crippen LogP contribution in [0.1, 0.15) is 5.56 Å². The zero-order valence-corrected chi connectivity index (χ0v) is 15.7. The maximum Gasteiger partial charge on any atom is 0.323 e. The zero-order valence-electron chi connectivity index (χ0n) is 15.0. The van der Waals surface area contributed by atoms with E-state index in [-0.39, 0.29) is 12.1 Å². The van der Waals surface area contributed by atoms with Crippen LogP contribution >= 0.6 is 11.6 Å². The van der Waals surface area contributed by atoms with Gasteiger partial charge in [0.25, 0.3) is 5.91 Å². The number of carboxylic acids is 1. The number of aliphatic carboxylic acids is 1. The molecule has 140 valence electrons. The lowest BCUT2D eigenvalue weighted by Gasteiger charge is -2.16. The van der Waals surface area contributed by atoms with Gasteiger partial charge in [-0.1, -0.05) is 35.9 Å². The first-order valence-corrected chi connectivity index (χ1v) is 8.74. The highest BCUT2D eigenvalue weighted by Crippen LogP contribution is 2.30. The third kappa shape index (κ3) is 3.75. The molecule has 0 aliphatic carbocycles. The monoisotopic (exact) mass is 393 g/mol. The van der Waals surface area contributed by atoms with E-state index in [0.29, 0.717) is 27.2 Å². The van der Waals surface area contributed by atoms with Gasteiger partial charge in [0.15, 0.2) is 0 Å². The van der Waals surface area contributed by atoms with Crippen LogP contribution in [0.25, 0.3) is 17.0 Å². The molecule has 0 spiro atoms. The predicted octanol–water partition coefficient (Wildman–Crippen LogP) is 3.95. The molecule has 0 bridgehead atoms. The number of carboxylic acid groups (broad SMARTS) is 1. The van der Waals surface area contributed by atoms with E-state index in [0.717, 1.165) is 0 Å². The number of hydrogen-bond donors (Lipinski definition) is 1. The number of fused-ring (bicyclic) bond motifs is 1. The molecule has 2 aromatic carbocycles. The highest BCUT2D eigenvalue weighted by Gasteiger charge is 2.18. The maximum atomic E-state index is 12.8. The fraction of sp³-hybridized carbons (Fsp3) is 0.0952. The lowest BCUT2D eigenvalue weighted by Crippen LogP contribution is -2.27. The summed E-state index contributed by atoms with van der Waals surface area (Å²) in [4.78, 5) is 25.3. The molecule has 1 heterocycles. The van der Waals surface area contributed by atoms with Gasteiger partial charge in [0, 0.05) is 29.9 Å². The summed E-state index contributed by atoms with van der Waals surface area (Å²) in [5.74, 6) is -1.48. The van der Waals surface area contributed by atoms with Gasteiger partial charge in [0.2, 0.25) is 0 Å². The number of likely N-dealkylation sites (N-methyl/N-ethyl adjacent to an activating group) is 1. The van der Waals surface area contributed by atoms with Crippen LogP contribution in [0.5, 0.6) is 0 Å². The number of carbonyl (C=O) groups excluding carboxylic acids is 1. The summed E-state index contributed by atoms with van der Waals surface area (Å²) >= 11 is 6.31. The molecular formula is C21H16ClN3O3. The number of halogens is 1. The molecule has 3 aromatic rings. The minimum atomic E-state index is -1.01. The van der Waals surface area contributed by atoms with Crippen molar-refractivity contribution in [3.63, 3.8) is 0 Å². The van der Waals surface area contributed by atoms with Crippen LogP contribution in [0.15, 0.2) is 60.3 Å².